The third-order valence-corrected chi connectivity index (χ3v) is 2.96. The van der Waals surface area contributed by atoms with Gasteiger partial charge < -0.3 is 5.32 Å². The predicted octanol–water partition coefficient (Wildman–Crippen LogP) is 1.99. The van der Waals surface area contributed by atoms with Crippen molar-refractivity contribution < 1.29 is 4.79 Å². The average Bonchev–Trinajstić information content (AvgIpc) is 2.87. The van der Waals surface area contributed by atoms with Gasteiger partial charge in [0.1, 0.15) is 0 Å². The Morgan fingerprint density at radius 3 is 2.95 bits per heavy atom. The Hall–Kier alpha value is -2.76. The van der Waals surface area contributed by atoms with Gasteiger partial charge in [0.2, 0.25) is 5.82 Å². The Kier molecular flexibility index (Phi) is 2.90. The number of carbonyl (C=O) groups excluding carboxylic acids is 1. The molecule has 0 aliphatic rings. The van der Waals surface area contributed by atoms with E-state index in [1.54, 1.807) is 18.5 Å². The van der Waals surface area contributed by atoms with Crippen molar-refractivity contribution in [1.82, 2.24) is 19.6 Å². The smallest absolute Gasteiger partial charge is 0.295 e. The summed E-state index contributed by atoms with van der Waals surface area (Å²) in [7, 11) is 0. The second kappa shape index (κ2) is 4.73. The average molecular weight is 267 g/mol. The number of fused-ring (bicyclic) bond motifs is 1. The van der Waals surface area contributed by atoms with Crippen LogP contribution in [0.5, 0.6) is 0 Å². The van der Waals surface area contributed by atoms with E-state index in [1.807, 2.05) is 32.0 Å². The Bertz CT molecular complexity index is 760. The molecule has 0 radical (unpaired) electrons. The lowest BCUT2D eigenvalue weighted by atomic mass is 10.1. The van der Waals surface area contributed by atoms with Gasteiger partial charge in [-0.25, -0.2) is 9.50 Å². The van der Waals surface area contributed by atoms with Crippen molar-refractivity contribution in [2.45, 2.75) is 13.8 Å². The van der Waals surface area contributed by atoms with Crippen LogP contribution in [0.15, 0.2) is 36.7 Å². The number of hydrogen-bond donors (Lipinski definition) is 1. The summed E-state index contributed by atoms with van der Waals surface area (Å²) in [5.41, 5.74) is 2.84. The van der Waals surface area contributed by atoms with Crippen molar-refractivity contribution in [3.05, 3.63) is 53.6 Å². The molecule has 1 N–H and O–H groups in total. The molecule has 0 unspecified atom stereocenters. The van der Waals surface area contributed by atoms with E-state index in [1.165, 1.54) is 4.52 Å². The molecule has 6 heteroatoms. The predicted molar refractivity (Wildman–Crippen MR) is 74.7 cm³/mol. The molecule has 0 saturated carbocycles. The van der Waals surface area contributed by atoms with Crippen LogP contribution < -0.4 is 5.32 Å². The van der Waals surface area contributed by atoms with Crippen LogP contribution in [-0.4, -0.2) is 25.5 Å². The molecule has 2 heterocycles. The number of aromatic nitrogens is 4. The molecular formula is C14H13N5O. The quantitative estimate of drug-likeness (QED) is 0.770. The van der Waals surface area contributed by atoms with E-state index in [0.717, 1.165) is 16.8 Å². The molecule has 0 spiro atoms. The van der Waals surface area contributed by atoms with Gasteiger partial charge in [-0.2, -0.15) is 4.98 Å². The molecule has 0 aliphatic carbocycles. The van der Waals surface area contributed by atoms with Crippen molar-refractivity contribution >= 4 is 17.4 Å². The van der Waals surface area contributed by atoms with E-state index < -0.39 is 0 Å². The summed E-state index contributed by atoms with van der Waals surface area (Å²) in [4.78, 5) is 20.3. The van der Waals surface area contributed by atoms with Crippen LogP contribution in [0.25, 0.3) is 5.78 Å². The van der Waals surface area contributed by atoms with Crippen molar-refractivity contribution in [2.24, 2.45) is 0 Å². The minimum absolute atomic E-state index is 0.101. The van der Waals surface area contributed by atoms with Gasteiger partial charge in [-0.15, -0.1) is 5.10 Å². The Balaban J connectivity index is 1.90. The molecule has 6 nitrogen and oxygen atoms in total. The van der Waals surface area contributed by atoms with E-state index in [0.29, 0.717) is 5.78 Å². The summed E-state index contributed by atoms with van der Waals surface area (Å²) in [5, 5.41) is 6.92. The number of hydrogen-bond acceptors (Lipinski definition) is 4. The first-order chi connectivity index (χ1) is 9.63. The second-order valence-corrected chi connectivity index (χ2v) is 4.57. The number of nitrogens with one attached hydrogen (secondary N) is 1. The minimum Gasteiger partial charge on any atom is -0.319 e. The minimum atomic E-state index is -0.343. The monoisotopic (exact) mass is 267 g/mol. The van der Waals surface area contributed by atoms with Gasteiger partial charge >= 0.3 is 0 Å². The third kappa shape index (κ3) is 2.23. The lowest BCUT2D eigenvalue weighted by Gasteiger charge is -2.07. The van der Waals surface area contributed by atoms with Crippen LogP contribution in [0.4, 0.5) is 5.69 Å². The van der Waals surface area contributed by atoms with Gasteiger partial charge in [0.15, 0.2) is 0 Å². The number of nitrogens with zero attached hydrogens (tertiary/aromatic N) is 4. The van der Waals surface area contributed by atoms with Crippen molar-refractivity contribution in [3.8, 4) is 0 Å². The summed E-state index contributed by atoms with van der Waals surface area (Å²) in [5.74, 6) is 0.160. The zero-order chi connectivity index (χ0) is 14.1. The molecule has 1 amide bonds. The third-order valence-electron chi connectivity index (χ3n) is 2.96. The Morgan fingerprint density at radius 1 is 1.30 bits per heavy atom. The van der Waals surface area contributed by atoms with Crippen LogP contribution in [-0.2, 0) is 0 Å². The van der Waals surface area contributed by atoms with Gasteiger partial charge in [0, 0.05) is 18.1 Å². The number of aryl methyl sites for hydroxylation is 2. The molecule has 0 bridgehead atoms. The highest BCUT2D eigenvalue weighted by Gasteiger charge is 2.14. The summed E-state index contributed by atoms with van der Waals surface area (Å²) >= 11 is 0. The highest BCUT2D eigenvalue weighted by atomic mass is 16.2. The fourth-order valence-corrected chi connectivity index (χ4v) is 1.88. The van der Waals surface area contributed by atoms with E-state index in [4.69, 9.17) is 0 Å². The van der Waals surface area contributed by atoms with Crippen LogP contribution >= 0.6 is 0 Å². The first-order valence-electron chi connectivity index (χ1n) is 6.19. The van der Waals surface area contributed by atoms with Gasteiger partial charge in [-0.05, 0) is 37.1 Å². The van der Waals surface area contributed by atoms with Gasteiger partial charge in [-0.1, -0.05) is 12.1 Å². The number of amides is 1. The molecular weight excluding hydrogens is 254 g/mol. The number of carbonyl (C=O) groups is 1. The fourth-order valence-electron chi connectivity index (χ4n) is 1.88. The molecule has 0 saturated heterocycles. The molecule has 2 aromatic heterocycles. The molecule has 0 fully saturated rings. The van der Waals surface area contributed by atoms with Crippen molar-refractivity contribution in [1.29, 1.82) is 0 Å². The molecule has 0 atom stereocenters. The van der Waals surface area contributed by atoms with Gasteiger partial charge in [-0.3, -0.25) is 4.79 Å². The van der Waals surface area contributed by atoms with Gasteiger partial charge in [0.25, 0.3) is 11.7 Å². The first kappa shape index (κ1) is 12.3. The topological polar surface area (TPSA) is 72.2 Å². The summed E-state index contributed by atoms with van der Waals surface area (Å²) in [6.07, 6.45) is 3.31. The van der Waals surface area contributed by atoms with Gasteiger partial charge in [0.05, 0.1) is 0 Å². The fraction of sp³-hybridized carbons (Fsp3) is 0.143. The number of benzene rings is 1. The maximum absolute atomic E-state index is 12.2. The first-order valence-corrected chi connectivity index (χ1v) is 6.19. The lowest BCUT2D eigenvalue weighted by molar-refractivity contribution is 0.101. The van der Waals surface area contributed by atoms with Crippen LogP contribution in [0.3, 0.4) is 0 Å². The summed E-state index contributed by atoms with van der Waals surface area (Å²) in [6, 6.07) is 7.61. The molecule has 3 rings (SSSR count). The largest absolute Gasteiger partial charge is 0.319 e. The zero-order valence-electron chi connectivity index (χ0n) is 11.2. The molecule has 3 aromatic rings. The standard InChI is InChI=1S/C14H13N5O/c1-9-4-5-10(2)11(8-9)16-13(20)12-17-14-15-6-3-7-19(14)18-12/h3-8H,1-2H3,(H,16,20). The van der Waals surface area contributed by atoms with E-state index in [2.05, 4.69) is 20.4 Å². The lowest BCUT2D eigenvalue weighted by Crippen LogP contribution is -2.14. The van der Waals surface area contributed by atoms with E-state index in [-0.39, 0.29) is 11.7 Å². The normalized spacial score (nSPS) is 10.7. The number of rotatable bonds is 2. The van der Waals surface area contributed by atoms with Crippen molar-refractivity contribution in [2.75, 3.05) is 5.32 Å². The SMILES string of the molecule is Cc1ccc(C)c(NC(=O)c2nc3ncccn3n2)c1. The maximum atomic E-state index is 12.2. The highest BCUT2D eigenvalue weighted by Crippen LogP contribution is 2.16. The highest BCUT2D eigenvalue weighted by molar-refractivity contribution is 6.02. The van der Waals surface area contributed by atoms with Crippen LogP contribution in [0, 0.1) is 13.8 Å². The molecule has 20 heavy (non-hydrogen) atoms. The number of anilines is 1. The summed E-state index contributed by atoms with van der Waals surface area (Å²) in [6.45, 7) is 3.91. The summed E-state index contributed by atoms with van der Waals surface area (Å²) < 4.78 is 1.47. The Labute approximate surface area is 115 Å². The van der Waals surface area contributed by atoms with Crippen LogP contribution in [0.2, 0.25) is 0 Å². The van der Waals surface area contributed by atoms with E-state index in [9.17, 15) is 4.79 Å². The molecule has 0 aliphatic heterocycles. The van der Waals surface area contributed by atoms with Crippen LogP contribution in [0.1, 0.15) is 21.7 Å². The van der Waals surface area contributed by atoms with E-state index >= 15 is 0 Å². The Morgan fingerprint density at radius 2 is 2.15 bits per heavy atom. The molecule has 1 aromatic carbocycles. The van der Waals surface area contributed by atoms with Crippen molar-refractivity contribution in [3.63, 3.8) is 0 Å². The zero-order valence-corrected chi connectivity index (χ0v) is 11.2. The molecule has 100 valence electrons. The second-order valence-electron chi connectivity index (χ2n) is 4.57. The maximum Gasteiger partial charge on any atom is 0.295 e.